The first-order valence-electron chi connectivity index (χ1n) is 6.45. The zero-order valence-corrected chi connectivity index (χ0v) is 12.1. The lowest BCUT2D eigenvalue weighted by Crippen LogP contribution is -2.35. The fourth-order valence-electron chi connectivity index (χ4n) is 2.23. The van der Waals surface area contributed by atoms with E-state index in [1.807, 2.05) is 30.3 Å². The number of carbonyl (C=O) groups is 1. The van der Waals surface area contributed by atoms with Gasteiger partial charge in [-0.05, 0) is 17.7 Å². The molecule has 108 valence electrons. The minimum Gasteiger partial charge on any atom is -0.463 e. The van der Waals surface area contributed by atoms with Gasteiger partial charge in [0, 0.05) is 12.0 Å². The van der Waals surface area contributed by atoms with Crippen LogP contribution in [0.1, 0.15) is 11.1 Å². The molecule has 0 amide bonds. The molecule has 1 atom stereocenters. The summed E-state index contributed by atoms with van der Waals surface area (Å²) in [6, 6.07) is 13.0. The molecular weight excluding hydrogens is 292 g/mol. The number of rotatable bonds is 1. The summed E-state index contributed by atoms with van der Waals surface area (Å²) in [6.45, 7) is 0. The van der Waals surface area contributed by atoms with Crippen LogP contribution in [-0.4, -0.2) is 19.4 Å². The maximum atomic E-state index is 11.8. The van der Waals surface area contributed by atoms with E-state index < -0.39 is 12.3 Å². The van der Waals surface area contributed by atoms with Crippen molar-refractivity contribution in [1.29, 1.82) is 0 Å². The number of para-hydroxylation sites is 2. The van der Waals surface area contributed by atoms with E-state index in [9.17, 15) is 4.79 Å². The van der Waals surface area contributed by atoms with E-state index in [1.54, 1.807) is 12.1 Å². The fourth-order valence-corrected chi connectivity index (χ4v) is 2.47. The fraction of sp³-hybridized carbons (Fsp3) is 0.188. The molecule has 0 fully saturated rings. The van der Waals surface area contributed by atoms with Crippen LogP contribution in [0.3, 0.4) is 0 Å². The number of methoxy groups -OCH3 is 1. The maximum Gasteiger partial charge on any atom is 0.389 e. The molecule has 2 aromatic rings. The number of benzene rings is 2. The third-order valence-electron chi connectivity index (χ3n) is 3.25. The Balaban J connectivity index is 2.11. The van der Waals surface area contributed by atoms with E-state index in [0.29, 0.717) is 22.9 Å². The Hall–Kier alpha value is -2.20. The highest BCUT2D eigenvalue weighted by molar-refractivity contribution is 6.32. The Kier molecular flexibility index (Phi) is 3.71. The number of hydrogen-bond acceptors (Lipinski definition) is 4. The molecule has 0 aromatic heterocycles. The van der Waals surface area contributed by atoms with Gasteiger partial charge in [-0.2, -0.15) is 0 Å². The molecule has 3 rings (SSSR count). The van der Waals surface area contributed by atoms with Crippen molar-refractivity contribution in [2.75, 3.05) is 7.11 Å². The molecule has 0 saturated heterocycles. The average Bonchev–Trinajstić information content (AvgIpc) is 2.48. The first-order valence-corrected chi connectivity index (χ1v) is 6.83. The van der Waals surface area contributed by atoms with Gasteiger partial charge in [0.05, 0.1) is 12.1 Å². The minimum absolute atomic E-state index is 0.435. The van der Waals surface area contributed by atoms with Crippen LogP contribution in [0.2, 0.25) is 5.02 Å². The van der Waals surface area contributed by atoms with Gasteiger partial charge in [-0.15, -0.1) is 0 Å². The molecule has 0 bridgehead atoms. The van der Waals surface area contributed by atoms with Gasteiger partial charge < -0.3 is 14.2 Å². The summed E-state index contributed by atoms with van der Waals surface area (Å²) < 4.78 is 16.0. The number of carbonyl (C=O) groups excluding carboxylic acids is 1. The number of esters is 1. The van der Waals surface area contributed by atoms with Crippen LogP contribution in [0.4, 0.5) is 0 Å². The third kappa shape index (κ3) is 2.67. The van der Waals surface area contributed by atoms with Crippen molar-refractivity contribution >= 4 is 17.6 Å². The zero-order valence-electron chi connectivity index (χ0n) is 11.3. The first kappa shape index (κ1) is 13.8. The van der Waals surface area contributed by atoms with Gasteiger partial charge in [0.25, 0.3) is 0 Å². The second-order valence-electron chi connectivity index (χ2n) is 4.60. The Labute approximate surface area is 127 Å². The van der Waals surface area contributed by atoms with Gasteiger partial charge >= 0.3 is 12.3 Å². The van der Waals surface area contributed by atoms with E-state index in [0.717, 1.165) is 11.1 Å². The molecule has 1 unspecified atom stereocenters. The van der Waals surface area contributed by atoms with E-state index >= 15 is 0 Å². The molecule has 1 aliphatic heterocycles. The first-order chi connectivity index (χ1) is 10.2. The molecule has 0 radical (unpaired) electrons. The number of hydrogen-bond donors (Lipinski definition) is 0. The van der Waals surface area contributed by atoms with E-state index in [1.165, 1.54) is 7.11 Å². The highest BCUT2D eigenvalue weighted by atomic mass is 35.5. The van der Waals surface area contributed by atoms with Crippen LogP contribution in [0.5, 0.6) is 11.5 Å². The van der Waals surface area contributed by atoms with E-state index in [-0.39, 0.29) is 0 Å². The molecule has 0 aliphatic carbocycles. The van der Waals surface area contributed by atoms with Crippen molar-refractivity contribution in [3.8, 4) is 11.5 Å². The normalized spacial score (nSPS) is 16.4. The number of fused-ring (bicyclic) bond motifs is 2. The molecule has 0 saturated carbocycles. The van der Waals surface area contributed by atoms with Crippen molar-refractivity contribution in [3.63, 3.8) is 0 Å². The summed E-state index contributed by atoms with van der Waals surface area (Å²) in [5.41, 5.74) is 1.85. The van der Waals surface area contributed by atoms with Crippen molar-refractivity contribution < 1.29 is 19.0 Å². The summed E-state index contributed by atoms with van der Waals surface area (Å²) >= 11 is 6.18. The predicted molar refractivity (Wildman–Crippen MR) is 77.8 cm³/mol. The van der Waals surface area contributed by atoms with Crippen LogP contribution in [0.25, 0.3) is 0 Å². The highest BCUT2D eigenvalue weighted by Gasteiger charge is 2.28. The van der Waals surface area contributed by atoms with Crippen LogP contribution >= 0.6 is 11.6 Å². The van der Waals surface area contributed by atoms with Gasteiger partial charge in [-0.3, -0.25) is 0 Å². The topological polar surface area (TPSA) is 44.8 Å². The third-order valence-corrected chi connectivity index (χ3v) is 3.55. The van der Waals surface area contributed by atoms with Crippen LogP contribution in [0, 0.1) is 0 Å². The van der Waals surface area contributed by atoms with Crippen molar-refractivity contribution in [2.45, 2.75) is 12.7 Å². The number of halogens is 1. The van der Waals surface area contributed by atoms with Gasteiger partial charge in [-0.25, -0.2) is 4.79 Å². The van der Waals surface area contributed by atoms with Gasteiger partial charge in [0.1, 0.15) is 11.5 Å². The summed E-state index contributed by atoms with van der Waals surface area (Å²) in [7, 11) is 1.28. The van der Waals surface area contributed by atoms with Gasteiger partial charge in [0.2, 0.25) is 0 Å². The molecule has 4 nitrogen and oxygen atoms in total. The molecule has 5 heteroatoms. The van der Waals surface area contributed by atoms with Crippen LogP contribution in [-0.2, 0) is 16.0 Å². The maximum absolute atomic E-state index is 11.8. The molecular formula is C16H13ClO4. The lowest BCUT2D eigenvalue weighted by atomic mass is 10.0. The molecule has 2 aromatic carbocycles. The summed E-state index contributed by atoms with van der Waals surface area (Å²) in [4.78, 5) is 11.8. The molecule has 21 heavy (non-hydrogen) atoms. The standard InChI is InChI=1S/C16H13ClO4/c1-19-15(18)16-20-13-8-3-2-5-10(13)9-11-6-4-7-12(17)14(11)21-16/h2-8,16H,9H2,1H3. The van der Waals surface area contributed by atoms with Crippen LogP contribution < -0.4 is 9.47 Å². The number of ether oxygens (including phenoxy) is 3. The molecule has 0 spiro atoms. The van der Waals surface area contributed by atoms with Crippen molar-refractivity contribution in [2.24, 2.45) is 0 Å². The predicted octanol–water partition coefficient (Wildman–Crippen LogP) is 3.20. The highest BCUT2D eigenvalue weighted by Crippen LogP contribution is 2.35. The minimum atomic E-state index is -1.19. The monoisotopic (exact) mass is 304 g/mol. The average molecular weight is 305 g/mol. The Morgan fingerprint density at radius 3 is 2.71 bits per heavy atom. The lowest BCUT2D eigenvalue weighted by molar-refractivity contribution is -0.162. The van der Waals surface area contributed by atoms with Crippen molar-refractivity contribution in [1.82, 2.24) is 0 Å². The van der Waals surface area contributed by atoms with E-state index in [4.69, 9.17) is 25.8 Å². The summed E-state index contributed by atoms with van der Waals surface area (Å²) in [5, 5.41) is 0.435. The molecule has 1 aliphatic rings. The lowest BCUT2D eigenvalue weighted by Gasteiger charge is -2.25. The second kappa shape index (κ2) is 5.66. The summed E-state index contributed by atoms with van der Waals surface area (Å²) in [6.07, 6.45) is -0.574. The smallest absolute Gasteiger partial charge is 0.389 e. The Bertz CT molecular complexity index is 684. The largest absolute Gasteiger partial charge is 0.463 e. The van der Waals surface area contributed by atoms with Gasteiger partial charge in [-0.1, -0.05) is 41.9 Å². The summed E-state index contributed by atoms with van der Waals surface area (Å²) in [5.74, 6) is 0.431. The van der Waals surface area contributed by atoms with Gasteiger partial charge in [0.15, 0.2) is 0 Å². The molecule has 0 N–H and O–H groups in total. The van der Waals surface area contributed by atoms with E-state index in [2.05, 4.69) is 0 Å². The molecule has 1 heterocycles. The quantitative estimate of drug-likeness (QED) is 0.759. The van der Waals surface area contributed by atoms with Crippen LogP contribution in [0.15, 0.2) is 42.5 Å². The Morgan fingerprint density at radius 2 is 1.90 bits per heavy atom. The Morgan fingerprint density at radius 1 is 1.14 bits per heavy atom. The zero-order chi connectivity index (χ0) is 14.8. The SMILES string of the molecule is COC(=O)C1Oc2ccccc2Cc2cccc(Cl)c2O1. The second-order valence-corrected chi connectivity index (χ2v) is 5.01. The van der Waals surface area contributed by atoms with Crippen molar-refractivity contribution in [3.05, 3.63) is 58.6 Å².